The van der Waals surface area contributed by atoms with Crippen molar-refractivity contribution in [1.82, 2.24) is 0 Å². The third-order valence-corrected chi connectivity index (χ3v) is 0. The van der Waals surface area contributed by atoms with Gasteiger partial charge in [-0.2, -0.15) is 8.42 Å². The van der Waals surface area contributed by atoms with Crippen molar-refractivity contribution in [1.29, 1.82) is 0 Å². The summed E-state index contributed by atoms with van der Waals surface area (Å²) in [4.78, 5) is 0. The minimum Gasteiger partial charge on any atom is -2.00 e. The van der Waals surface area contributed by atoms with Gasteiger partial charge in [-0.05, 0) is 11.2 Å². The molecule has 0 aliphatic carbocycles. The van der Waals surface area contributed by atoms with Gasteiger partial charge in [0.15, 0.2) is 0 Å². The summed E-state index contributed by atoms with van der Waals surface area (Å²) >= 11 is 0.521. The molecule has 0 spiro atoms. The maximum atomic E-state index is 8.89. The molecule has 0 unspecified atom stereocenters. The molecule has 0 aliphatic rings. The molecule has 0 aliphatic heterocycles. The van der Waals surface area contributed by atoms with Crippen LogP contribution in [-0.2, 0) is 60.6 Å². The first kappa shape index (κ1) is 904. The molecule has 0 bridgehead atoms. The molecule has 0 amide bonds. The van der Waals surface area contributed by atoms with E-state index < -0.39 is 33.9 Å². The van der Waals surface area contributed by atoms with Crippen LogP contribution >= 0.6 is 20.4 Å². The van der Waals surface area contributed by atoms with Crippen LogP contribution in [0.3, 0.4) is 0 Å². The summed E-state index contributed by atoms with van der Waals surface area (Å²) in [6.07, 6.45) is 0. The van der Waals surface area contributed by atoms with Crippen molar-refractivity contribution in [3.05, 3.63) is 0 Å². The minimum absolute atomic E-state index is 0. The van der Waals surface area contributed by atoms with Gasteiger partial charge in [-0.25, -0.2) is 0 Å². The summed E-state index contributed by atoms with van der Waals surface area (Å²) in [5, 5.41) is 0. The van der Waals surface area contributed by atoms with E-state index in [2.05, 4.69) is 11.2 Å². The van der Waals surface area contributed by atoms with Crippen LogP contribution in [-0.4, -0.2) is 267 Å². The van der Waals surface area contributed by atoms with Crippen LogP contribution in [0.5, 0.6) is 0 Å². The van der Waals surface area contributed by atoms with Gasteiger partial charge in [0.25, 0.3) is 0 Å². The Bertz CT molecular complexity index is 348. The molecule has 0 aromatic carbocycles. The molecule has 0 saturated heterocycles. The molecule has 0 radical (unpaired) electrons. The zero-order valence-electron chi connectivity index (χ0n) is 30.9. The fraction of sp³-hybridized carbons (Fsp3) is 0. The van der Waals surface area contributed by atoms with Crippen LogP contribution in [0.1, 0.15) is 0 Å². The average Bonchev–Trinajstić information content (AvgIpc) is 1.74. The second-order valence-electron chi connectivity index (χ2n) is 1.13. The zero-order chi connectivity index (χ0) is 15.3. The molecular formula is H82Cl2Na4NiO49S4Se. The molecule has 49 nitrogen and oxygen atoms in total. The van der Waals surface area contributed by atoms with E-state index in [1.165, 1.54) is 0 Å². The van der Waals surface area contributed by atoms with Crippen LogP contribution in [0, 0.1) is 0 Å². The Balaban J connectivity index is -0.000000000650. The Kier molecular flexibility index (Phi) is 9290. The van der Waals surface area contributed by atoms with Gasteiger partial charge >= 0.3 is 188 Å². The average molecular weight is 1300 g/mol. The summed E-state index contributed by atoms with van der Waals surface area (Å²) in [7, 11) is 0.403. The SMILES string of the molecule is O.O.O.O.O.O.O.O.O.O.O.O.O.O.O.O.O.O.O.O.O.O.O.O.O.O.O.O.O.O.O.O.O.O.O.O.O.O.O.O=S(=O)(O)O.O=S([O-])([O-])=S.O=[Se](O)O.[Cl][Ni][Cl].[Na+].[Na+].[Na+].[Na+].[S-2]. The van der Waals surface area contributed by atoms with Gasteiger partial charge in [0.1, 0.15) is 0 Å². The molecule has 0 saturated carbocycles. The molecule has 82 N–H and O–H groups in total. The van der Waals surface area contributed by atoms with Crippen molar-refractivity contribution in [3.8, 4) is 0 Å². The maximum Gasteiger partial charge on any atom is 1.00 e. The van der Waals surface area contributed by atoms with Crippen LogP contribution in [0.25, 0.3) is 0 Å². The molecule has 0 heterocycles. The van der Waals surface area contributed by atoms with E-state index in [0.29, 0.717) is 12.7 Å². The van der Waals surface area contributed by atoms with Crippen molar-refractivity contribution >= 4 is 79.0 Å². The van der Waals surface area contributed by atoms with Crippen molar-refractivity contribution in [2.45, 2.75) is 0 Å². The minimum atomic E-state index is -4.67. The first-order valence-electron chi connectivity index (χ1n) is 2.14. The van der Waals surface area contributed by atoms with Gasteiger partial charge in [0.2, 0.25) is 0 Å². The smallest absolute Gasteiger partial charge is 1.00 e. The van der Waals surface area contributed by atoms with Gasteiger partial charge in [-0.1, -0.05) is 0 Å². The number of halogens is 2. The summed E-state index contributed by atoms with van der Waals surface area (Å²) in [6.45, 7) is 0. The molecule has 0 aromatic heterocycles. The van der Waals surface area contributed by atoms with Gasteiger partial charge in [0, 0.05) is 0 Å². The first-order valence-corrected chi connectivity index (χ1v) is 10.8. The van der Waals surface area contributed by atoms with Crippen LogP contribution in [0.15, 0.2) is 0 Å². The van der Waals surface area contributed by atoms with Crippen molar-refractivity contribution in [3.63, 3.8) is 0 Å². The number of hydrogen-bond acceptors (Lipinski definition) is 7. The first-order chi connectivity index (χ1) is 7.15. The molecule has 434 valence electrons. The maximum absolute atomic E-state index is 8.89. The second-order valence-corrected chi connectivity index (χ2v) is 6.67. The molecule has 0 fully saturated rings. The monoisotopic (exact) mass is 1290 g/mol. The van der Waals surface area contributed by atoms with E-state index in [9.17, 15) is 0 Å². The number of rotatable bonds is 0. The molecular weight excluding hydrogens is 1210 g/mol. The van der Waals surface area contributed by atoms with E-state index in [1.54, 1.807) is 0 Å². The van der Waals surface area contributed by atoms with E-state index in [-0.39, 0.29) is 345 Å². The summed E-state index contributed by atoms with van der Waals surface area (Å²) in [6, 6.07) is 0. The predicted octanol–water partition coefficient (Wildman–Crippen LogP) is -46.0. The Labute approximate surface area is 461 Å². The van der Waals surface area contributed by atoms with E-state index in [0.717, 1.165) is 0 Å². The second kappa shape index (κ2) is 626. The van der Waals surface area contributed by atoms with E-state index in [1.807, 2.05) is 0 Å². The Morgan fingerprint density at radius 3 is 0.361 bits per heavy atom. The summed E-state index contributed by atoms with van der Waals surface area (Å²) < 4.78 is 81.4. The fourth-order valence-corrected chi connectivity index (χ4v) is 0. The summed E-state index contributed by atoms with van der Waals surface area (Å²) in [5.74, 6) is 0. The quantitative estimate of drug-likeness (QED) is 0.130. The van der Waals surface area contributed by atoms with Crippen LogP contribution in [0.4, 0.5) is 0 Å². The van der Waals surface area contributed by atoms with Crippen molar-refractivity contribution in [2.24, 2.45) is 0 Å². The third kappa shape index (κ3) is 13700. The molecule has 0 atom stereocenters. The van der Waals surface area contributed by atoms with Crippen LogP contribution < -0.4 is 118 Å². The largest absolute Gasteiger partial charge is 2.00 e. The van der Waals surface area contributed by atoms with Crippen LogP contribution in [0.2, 0.25) is 0 Å². The Morgan fingerprint density at radius 2 is 0.361 bits per heavy atom. The van der Waals surface area contributed by atoms with Gasteiger partial charge in [-0.15, -0.1) is 9.05 Å². The van der Waals surface area contributed by atoms with Gasteiger partial charge < -0.3 is 236 Å². The molecule has 61 heavy (non-hydrogen) atoms. The molecule has 0 aromatic rings. The Hall–Kier alpha value is 4.26. The normalized spacial score (nSPS) is 2.84. The third-order valence-electron chi connectivity index (χ3n) is 0. The van der Waals surface area contributed by atoms with E-state index >= 15 is 0 Å². The summed E-state index contributed by atoms with van der Waals surface area (Å²) in [5.41, 5.74) is 0. The molecule has 61 heteroatoms. The van der Waals surface area contributed by atoms with Gasteiger partial charge in [0.05, 0.1) is 0 Å². The predicted molar refractivity (Wildman–Crippen MR) is 202 cm³/mol. The molecule has 0 rings (SSSR count). The zero-order valence-corrected chi connectivity index (χ0v) is 46.3. The van der Waals surface area contributed by atoms with Crippen molar-refractivity contribution in [2.75, 3.05) is 0 Å². The van der Waals surface area contributed by atoms with Gasteiger partial charge in [-0.3, -0.25) is 13.3 Å². The number of hydrogen-bond donors (Lipinski definition) is 4. The topological polar surface area (TPSA) is 1420 Å². The fourth-order valence-electron chi connectivity index (χ4n) is 0. The Morgan fingerprint density at radius 1 is 0.361 bits per heavy atom. The van der Waals surface area contributed by atoms with Crippen molar-refractivity contribution < 1.29 is 388 Å². The standard InChI is InChI=1S/2ClH.4Na.Ni.H2O4S.H2O3S2.H2O3Se.39H2O.S/c;;;;;;;2*1-5(2,3)4;1-4(2)3;;;;;;;;;;;;;;;;;;;;;;;;;;;;;;;;;;;;;;;;/h2*1H;;;;;;2*(H2,1,2,3,4);(H2,1,2,3);39*1H2;/q;;4*+1;+2;;;;;;;;;;;;;;;;;;;;;;;;;;;;;;;;;;;;;;;;;;;-2/p-4. The van der Waals surface area contributed by atoms with E-state index in [4.69, 9.17) is 63.4 Å².